The number of nitrogens with zero attached hydrogens (tertiary/aromatic N) is 2. The molecular formula is C18H20N2O4S2. The van der Waals surface area contributed by atoms with Gasteiger partial charge in [0.25, 0.3) is 10.0 Å². The predicted octanol–water partition coefficient (Wildman–Crippen LogP) is 2.52. The Hall–Kier alpha value is -2.32. The van der Waals surface area contributed by atoms with Gasteiger partial charge >= 0.3 is 0 Å². The standard InChI is InChI=1S/C18H20N2O4S2/c1-4-15-13-19(26(23,24)16-11-9-14(2)10-12-16)17-7-5-6-8-18(17)20(15)25(3,21)22/h4-12,15H,1,13H2,2-3H3. The topological polar surface area (TPSA) is 74.8 Å². The first-order valence-electron chi connectivity index (χ1n) is 7.96. The first-order chi connectivity index (χ1) is 12.2. The molecule has 1 aliphatic heterocycles. The Morgan fingerprint density at radius 1 is 1.00 bits per heavy atom. The molecule has 0 saturated carbocycles. The summed E-state index contributed by atoms with van der Waals surface area (Å²) in [4.78, 5) is 0.161. The van der Waals surface area contributed by atoms with Crippen LogP contribution in [0.3, 0.4) is 0 Å². The maximum Gasteiger partial charge on any atom is 0.264 e. The van der Waals surface area contributed by atoms with Crippen molar-refractivity contribution in [3.8, 4) is 0 Å². The minimum absolute atomic E-state index is 0.0379. The summed E-state index contributed by atoms with van der Waals surface area (Å²) >= 11 is 0. The minimum atomic E-state index is -3.84. The molecule has 0 aliphatic carbocycles. The van der Waals surface area contributed by atoms with Crippen molar-refractivity contribution in [2.75, 3.05) is 21.4 Å². The summed E-state index contributed by atoms with van der Waals surface area (Å²) in [6.07, 6.45) is 2.55. The van der Waals surface area contributed by atoms with Crippen LogP contribution >= 0.6 is 0 Å². The van der Waals surface area contributed by atoms with Crippen LogP contribution in [0.1, 0.15) is 5.56 Å². The lowest BCUT2D eigenvalue weighted by atomic mass is 10.1. The largest absolute Gasteiger partial charge is 0.264 e. The van der Waals surface area contributed by atoms with Crippen molar-refractivity contribution in [3.05, 3.63) is 66.7 Å². The zero-order valence-electron chi connectivity index (χ0n) is 14.5. The summed E-state index contributed by atoms with van der Waals surface area (Å²) in [6.45, 7) is 5.54. The van der Waals surface area contributed by atoms with E-state index in [1.54, 1.807) is 48.5 Å². The van der Waals surface area contributed by atoms with Gasteiger partial charge in [0.1, 0.15) is 0 Å². The van der Waals surface area contributed by atoms with Crippen LogP contribution in [-0.4, -0.2) is 35.7 Å². The molecule has 0 radical (unpaired) electrons. The quantitative estimate of drug-likeness (QED) is 0.750. The van der Waals surface area contributed by atoms with Crippen LogP contribution in [0, 0.1) is 6.92 Å². The molecule has 0 N–H and O–H groups in total. The summed E-state index contributed by atoms with van der Waals surface area (Å²) in [5.74, 6) is 0. The second-order valence-corrected chi connectivity index (χ2v) is 9.92. The third-order valence-corrected chi connectivity index (χ3v) is 7.26. The fourth-order valence-corrected chi connectivity index (χ4v) is 5.70. The van der Waals surface area contributed by atoms with Crippen LogP contribution in [0.2, 0.25) is 0 Å². The number of hydrogen-bond acceptors (Lipinski definition) is 4. The lowest BCUT2D eigenvalue weighted by molar-refractivity contribution is 0.576. The lowest BCUT2D eigenvalue weighted by Gasteiger charge is -2.41. The normalized spacial score (nSPS) is 17.7. The van der Waals surface area contributed by atoms with Gasteiger partial charge in [-0.25, -0.2) is 16.8 Å². The van der Waals surface area contributed by atoms with E-state index in [9.17, 15) is 16.8 Å². The van der Waals surface area contributed by atoms with E-state index in [0.29, 0.717) is 11.4 Å². The Bertz CT molecular complexity index is 1040. The first-order valence-corrected chi connectivity index (χ1v) is 11.3. The highest BCUT2D eigenvalue weighted by Crippen LogP contribution is 2.39. The Kier molecular flexibility index (Phi) is 4.58. The average molecular weight is 393 g/mol. The fourth-order valence-electron chi connectivity index (χ4n) is 3.04. The fraction of sp³-hybridized carbons (Fsp3) is 0.222. The molecule has 1 atom stereocenters. The molecule has 6 nitrogen and oxygen atoms in total. The molecule has 0 spiro atoms. The second-order valence-electron chi connectivity index (χ2n) is 6.20. The number of anilines is 2. The molecule has 8 heteroatoms. The van der Waals surface area contributed by atoms with Gasteiger partial charge in [-0.05, 0) is 31.2 Å². The number of para-hydroxylation sites is 2. The van der Waals surface area contributed by atoms with E-state index >= 15 is 0 Å². The molecule has 1 heterocycles. The minimum Gasteiger partial charge on any atom is -0.262 e. The lowest BCUT2D eigenvalue weighted by Crippen LogP contribution is -2.51. The molecular weight excluding hydrogens is 372 g/mol. The monoisotopic (exact) mass is 392 g/mol. The van der Waals surface area contributed by atoms with E-state index in [4.69, 9.17) is 0 Å². The van der Waals surface area contributed by atoms with E-state index in [2.05, 4.69) is 6.58 Å². The number of fused-ring (bicyclic) bond motifs is 1. The molecule has 0 aromatic heterocycles. The Labute approximate surface area is 154 Å². The Morgan fingerprint density at radius 2 is 1.58 bits per heavy atom. The van der Waals surface area contributed by atoms with Crippen LogP contribution in [0.15, 0.2) is 66.1 Å². The Morgan fingerprint density at radius 3 is 2.12 bits per heavy atom. The molecule has 138 valence electrons. The molecule has 0 bridgehead atoms. The highest BCUT2D eigenvalue weighted by molar-refractivity contribution is 7.93. The van der Waals surface area contributed by atoms with Crippen LogP contribution in [0.4, 0.5) is 11.4 Å². The van der Waals surface area contributed by atoms with Crippen molar-refractivity contribution in [3.63, 3.8) is 0 Å². The van der Waals surface area contributed by atoms with Crippen molar-refractivity contribution < 1.29 is 16.8 Å². The predicted molar refractivity (Wildman–Crippen MR) is 103 cm³/mol. The molecule has 1 unspecified atom stereocenters. The van der Waals surface area contributed by atoms with Gasteiger partial charge in [-0.15, -0.1) is 6.58 Å². The Balaban J connectivity index is 2.20. The van der Waals surface area contributed by atoms with Crippen LogP contribution in [0.25, 0.3) is 0 Å². The van der Waals surface area contributed by atoms with E-state index < -0.39 is 26.1 Å². The van der Waals surface area contributed by atoms with Crippen LogP contribution in [0.5, 0.6) is 0 Å². The number of rotatable bonds is 4. The second kappa shape index (κ2) is 6.44. The smallest absolute Gasteiger partial charge is 0.262 e. The molecule has 0 amide bonds. The van der Waals surface area contributed by atoms with E-state index in [-0.39, 0.29) is 11.4 Å². The van der Waals surface area contributed by atoms with Gasteiger partial charge in [0, 0.05) is 0 Å². The SMILES string of the molecule is C=CC1CN(S(=O)(=O)c2ccc(C)cc2)c2ccccc2N1S(C)(=O)=O. The molecule has 2 aromatic rings. The number of benzene rings is 2. The number of aryl methyl sites for hydroxylation is 1. The summed E-state index contributed by atoms with van der Waals surface area (Å²) in [7, 11) is -7.44. The van der Waals surface area contributed by atoms with Crippen molar-refractivity contribution in [2.45, 2.75) is 17.9 Å². The zero-order chi connectivity index (χ0) is 19.1. The van der Waals surface area contributed by atoms with Crippen molar-refractivity contribution in [1.29, 1.82) is 0 Å². The molecule has 0 fully saturated rings. The van der Waals surface area contributed by atoms with Gasteiger partial charge in [0.15, 0.2) is 0 Å². The van der Waals surface area contributed by atoms with Gasteiger partial charge < -0.3 is 0 Å². The van der Waals surface area contributed by atoms with E-state index in [0.717, 1.165) is 11.8 Å². The summed E-state index contributed by atoms with van der Waals surface area (Å²) in [5, 5.41) is 0. The van der Waals surface area contributed by atoms with E-state index in [1.165, 1.54) is 14.7 Å². The van der Waals surface area contributed by atoms with Crippen LogP contribution in [-0.2, 0) is 20.0 Å². The first kappa shape index (κ1) is 18.5. The molecule has 1 aliphatic rings. The highest BCUT2D eigenvalue weighted by atomic mass is 32.2. The molecule has 0 saturated heterocycles. The van der Waals surface area contributed by atoms with Gasteiger partial charge in [-0.2, -0.15) is 0 Å². The molecule has 3 rings (SSSR count). The van der Waals surface area contributed by atoms with Crippen molar-refractivity contribution in [2.24, 2.45) is 0 Å². The molecule has 2 aromatic carbocycles. The maximum absolute atomic E-state index is 13.2. The van der Waals surface area contributed by atoms with Crippen LogP contribution < -0.4 is 8.61 Å². The summed E-state index contributed by atoms with van der Waals surface area (Å²) < 4.78 is 53.5. The zero-order valence-corrected chi connectivity index (χ0v) is 16.2. The summed E-state index contributed by atoms with van der Waals surface area (Å²) in [5.41, 5.74) is 1.61. The van der Waals surface area contributed by atoms with Crippen molar-refractivity contribution >= 4 is 31.4 Å². The average Bonchev–Trinajstić information content (AvgIpc) is 2.59. The maximum atomic E-state index is 13.2. The third kappa shape index (κ3) is 3.10. The van der Waals surface area contributed by atoms with E-state index in [1.807, 2.05) is 6.92 Å². The number of sulfonamides is 2. The summed E-state index contributed by atoms with van der Waals surface area (Å²) in [6, 6.07) is 12.5. The van der Waals surface area contributed by atoms with Crippen molar-refractivity contribution in [1.82, 2.24) is 0 Å². The van der Waals surface area contributed by atoms with Gasteiger partial charge in [-0.3, -0.25) is 8.61 Å². The number of hydrogen-bond donors (Lipinski definition) is 0. The van der Waals surface area contributed by atoms with Gasteiger partial charge in [0.05, 0.1) is 35.1 Å². The third-order valence-electron chi connectivity index (χ3n) is 4.28. The highest BCUT2D eigenvalue weighted by Gasteiger charge is 2.39. The molecule has 26 heavy (non-hydrogen) atoms. The van der Waals surface area contributed by atoms with Gasteiger partial charge in [-0.1, -0.05) is 35.9 Å². The van der Waals surface area contributed by atoms with Gasteiger partial charge in [0.2, 0.25) is 10.0 Å².